The Hall–Kier alpha value is -2.34. The molecule has 0 bridgehead atoms. The highest BCUT2D eigenvalue weighted by molar-refractivity contribution is 6.32. The molecule has 1 aromatic carbocycles. The SMILES string of the molecule is CC(Oc1ccc(Oc2nccc(F)c2Cl)cc1)C(=O)O. The van der Waals surface area contributed by atoms with E-state index in [0.717, 1.165) is 6.07 Å². The quantitative estimate of drug-likeness (QED) is 0.915. The van der Waals surface area contributed by atoms with Crippen LogP contribution in [-0.4, -0.2) is 22.2 Å². The lowest BCUT2D eigenvalue weighted by atomic mass is 10.3. The molecule has 0 aliphatic rings. The fraction of sp³-hybridized carbons (Fsp3) is 0.143. The van der Waals surface area contributed by atoms with Crippen molar-refractivity contribution in [2.45, 2.75) is 13.0 Å². The van der Waals surface area contributed by atoms with Gasteiger partial charge in [-0.3, -0.25) is 0 Å². The van der Waals surface area contributed by atoms with Crippen LogP contribution in [0, 0.1) is 5.82 Å². The van der Waals surface area contributed by atoms with E-state index >= 15 is 0 Å². The first kappa shape index (κ1) is 15.1. The molecular formula is C14H11ClFNO4. The van der Waals surface area contributed by atoms with Crippen LogP contribution in [0.15, 0.2) is 36.5 Å². The van der Waals surface area contributed by atoms with Crippen LogP contribution in [-0.2, 0) is 4.79 Å². The number of hydrogen-bond acceptors (Lipinski definition) is 4. The predicted octanol–water partition coefficient (Wildman–Crippen LogP) is 3.52. The molecule has 0 amide bonds. The van der Waals surface area contributed by atoms with Gasteiger partial charge in [0, 0.05) is 6.20 Å². The minimum absolute atomic E-state index is 0.0516. The van der Waals surface area contributed by atoms with E-state index in [1.165, 1.54) is 37.4 Å². The second-order valence-electron chi connectivity index (χ2n) is 4.08. The molecule has 7 heteroatoms. The molecule has 0 aliphatic heterocycles. The molecule has 2 aromatic rings. The first-order chi connectivity index (χ1) is 9.97. The zero-order chi connectivity index (χ0) is 15.4. The normalized spacial score (nSPS) is 11.8. The van der Waals surface area contributed by atoms with Crippen molar-refractivity contribution in [3.8, 4) is 17.4 Å². The molecule has 1 N–H and O–H groups in total. The summed E-state index contributed by atoms with van der Waals surface area (Å²) in [5.41, 5.74) is 0. The van der Waals surface area contributed by atoms with E-state index in [4.69, 9.17) is 26.2 Å². The third kappa shape index (κ3) is 3.82. The van der Waals surface area contributed by atoms with Gasteiger partial charge in [-0.15, -0.1) is 0 Å². The highest BCUT2D eigenvalue weighted by atomic mass is 35.5. The molecule has 0 saturated heterocycles. The largest absolute Gasteiger partial charge is 0.479 e. The molecule has 0 spiro atoms. The van der Waals surface area contributed by atoms with Gasteiger partial charge in [0.05, 0.1) is 0 Å². The van der Waals surface area contributed by atoms with Gasteiger partial charge in [-0.1, -0.05) is 11.6 Å². The number of benzene rings is 1. The van der Waals surface area contributed by atoms with E-state index < -0.39 is 17.9 Å². The molecule has 1 aromatic heterocycles. The summed E-state index contributed by atoms with van der Waals surface area (Å²) in [4.78, 5) is 14.5. The lowest BCUT2D eigenvalue weighted by molar-refractivity contribution is -0.144. The van der Waals surface area contributed by atoms with Crippen LogP contribution in [0.4, 0.5) is 4.39 Å². The first-order valence-electron chi connectivity index (χ1n) is 5.94. The van der Waals surface area contributed by atoms with E-state index in [2.05, 4.69) is 4.98 Å². The summed E-state index contributed by atoms with van der Waals surface area (Å²) in [6, 6.07) is 7.25. The van der Waals surface area contributed by atoms with Gasteiger partial charge < -0.3 is 14.6 Å². The van der Waals surface area contributed by atoms with Crippen LogP contribution >= 0.6 is 11.6 Å². The minimum atomic E-state index is -1.06. The van der Waals surface area contributed by atoms with Gasteiger partial charge in [0.25, 0.3) is 0 Å². The number of ether oxygens (including phenoxy) is 2. The predicted molar refractivity (Wildman–Crippen MR) is 73.4 cm³/mol. The average Bonchev–Trinajstić information content (AvgIpc) is 2.46. The molecule has 2 rings (SSSR count). The summed E-state index contributed by atoms with van der Waals surface area (Å²) in [5.74, 6) is -1.01. The zero-order valence-electron chi connectivity index (χ0n) is 10.9. The van der Waals surface area contributed by atoms with Gasteiger partial charge in [-0.2, -0.15) is 0 Å². The monoisotopic (exact) mass is 311 g/mol. The van der Waals surface area contributed by atoms with Gasteiger partial charge in [0.1, 0.15) is 22.3 Å². The van der Waals surface area contributed by atoms with Crippen molar-refractivity contribution in [3.63, 3.8) is 0 Å². The number of carboxylic acid groups (broad SMARTS) is 1. The Kier molecular flexibility index (Phi) is 4.59. The van der Waals surface area contributed by atoms with Crippen LogP contribution in [0.25, 0.3) is 0 Å². The Bertz CT molecular complexity index is 648. The van der Waals surface area contributed by atoms with E-state index in [1.807, 2.05) is 0 Å². The molecule has 0 saturated carbocycles. The highest BCUT2D eigenvalue weighted by Gasteiger charge is 2.13. The number of nitrogens with zero attached hydrogens (tertiary/aromatic N) is 1. The van der Waals surface area contributed by atoms with E-state index in [1.54, 1.807) is 0 Å². The van der Waals surface area contributed by atoms with Crippen molar-refractivity contribution in [2.24, 2.45) is 0 Å². The van der Waals surface area contributed by atoms with Crippen molar-refractivity contribution < 1.29 is 23.8 Å². The molecule has 1 heterocycles. The number of aromatic nitrogens is 1. The molecule has 0 fully saturated rings. The molecule has 0 aliphatic carbocycles. The Balaban J connectivity index is 2.09. The summed E-state index contributed by atoms with van der Waals surface area (Å²) >= 11 is 5.73. The molecule has 1 atom stereocenters. The minimum Gasteiger partial charge on any atom is -0.479 e. The topological polar surface area (TPSA) is 68.7 Å². The summed E-state index contributed by atoms with van der Waals surface area (Å²) in [6.45, 7) is 1.42. The van der Waals surface area contributed by atoms with Crippen LogP contribution in [0.5, 0.6) is 17.4 Å². The number of halogens is 2. The highest BCUT2D eigenvalue weighted by Crippen LogP contribution is 2.29. The average molecular weight is 312 g/mol. The molecular weight excluding hydrogens is 301 g/mol. The van der Waals surface area contributed by atoms with Gasteiger partial charge in [-0.05, 0) is 37.3 Å². The number of rotatable bonds is 5. The Morgan fingerprint density at radius 3 is 2.52 bits per heavy atom. The summed E-state index contributed by atoms with van der Waals surface area (Å²) < 4.78 is 23.7. The molecule has 1 unspecified atom stereocenters. The first-order valence-corrected chi connectivity index (χ1v) is 6.32. The van der Waals surface area contributed by atoms with Gasteiger partial charge >= 0.3 is 5.97 Å². The van der Waals surface area contributed by atoms with E-state index in [-0.39, 0.29) is 10.9 Å². The number of pyridine rings is 1. The Morgan fingerprint density at radius 1 is 1.29 bits per heavy atom. The Morgan fingerprint density at radius 2 is 1.90 bits per heavy atom. The van der Waals surface area contributed by atoms with Crippen molar-refractivity contribution in [1.82, 2.24) is 4.98 Å². The fourth-order valence-electron chi connectivity index (χ4n) is 1.43. The third-order valence-electron chi connectivity index (χ3n) is 2.51. The van der Waals surface area contributed by atoms with Crippen molar-refractivity contribution in [1.29, 1.82) is 0 Å². The lowest BCUT2D eigenvalue weighted by Crippen LogP contribution is -2.22. The maximum Gasteiger partial charge on any atom is 0.344 e. The van der Waals surface area contributed by atoms with Gasteiger partial charge in [-0.25, -0.2) is 14.2 Å². The van der Waals surface area contributed by atoms with Gasteiger partial charge in [0.15, 0.2) is 6.10 Å². The zero-order valence-corrected chi connectivity index (χ0v) is 11.7. The summed E-state index contributed by atoms with van der Waals surface area (Å²) in [6.07, 6.45) is 0.277. The van der Waals surface area contributed by atoms with E-state index in [9.17, 15) is 9.18 Å². The van der Waals surface area contributed by atoms with Crippen molar-refractivity contribution in [2.75, 3.05) is 0 Å². The van der Waals surface area contributed by atoms with E-state index in [0.29, 0.717) is 11.5 Å². The number of aliphatic carboxylic acids is 1. The maximum atomic E-state index is 13.2. The summed E-state index contributed by atoms with van der Waals surface area (Å²) in [5, 5.41) is 8.53. The van der Waals surface area contributed by atoms with Crippen LogP contribution in [0.2, 0.25) is 5.02 Å². The second kappa shape index (κ2) is 6.41. The number of carbonyl (C=O) groups is 1. The van der Waals surface area contributed by atoms with Crippen LogP contribution in [0.1, 0.15) is 6.92 Å². The molecule has 110 valence electrons. The molecule has 0 radical (unpaired) electrons. The van der Waals surface area contributed by atoms with Crippen molar-refractivity contribution >= 4 is 17.6 Å². The fourth-order valence-corrected chi connectivity index (χ4v) is 1.58. The third-order valence-corrected chi connectivity index (χ3v) is 2.85. The number of carboxylic acids is 1. The van der Waals surface area contributed by atoms with Crippen LogP contribution in [0.3, 0.4) is 0 Å². The molecule has 5 nitrogen and oxygen atoms in total. The summed E-state index contributed by atoms with van der Waals surface area (Å²) in [7, 11) is 0. The maximum absolute atomic E-state index is 13.2. The van der Waals surface area contributed by atoms with Crippen molar-refractivity contribution in [3.05, 3.63) is 47.4 Å². The molecule has 21 heavy (non-hydrogen) atoms. The standard InChI is InChI=1S/C14H11ClFNO4/c1-8(14(18)19)20-9-2-4-10(5-3-9)21-13-12(15)11(16)6-7-17-13/h2-8H,1H3,(H,18,19). The number of hydrogen-bond donors (Lipinski definition) is 1. The Labute approximate surface area is 124 Å². The van der Waals surface area contributed by atoms with Gasteiger partial charge in [0.2, 0.25) is 5.88 Å². The van der Waals surface area contributed by atoms with Crippen LogP contribution < -0.4 is 9.47 Å². The lowest BCUT2D eigenvalue weighted by Gasteiger charge is -2.11. The smallest absolute Gasteiger partial charge is 0.344 e. The second-order valence-corrected chi connectivity index (χ2v) is 4.46.